The number of hydrogen-bond donors (Lipinski definition) is 0. The predicted octanol–water partition coefficient (Wildman–Crippen LogP) is 4.54. The maximum atomic E-state index is 2.76. The third kappa shape index (κ3) is 2.69. The largest absolute Gasteiger partial charge is 0.300 e. The number of rotatable bonds is 3. The molecule has 0 unspecified atom stereocenters. The quantitative estimate of drug-likeness (QED) is 0.728. The van der Waals surface area contributed by atoms with E-state index in [2.05, 4.69) is 54.3 Å². The van der Waals surface area contributed by atoms with Gasteiger partial charge >= 0.3 is 0 Å². The second kappa shape index (κ2) is 6.13. The van der Waals surface area contributed by atoms with Gasteiger partial charge in [0.15, 0.2) is 0 Å². The third-order valence-corrected chi connectivity index (χ3v) is 5.37. The van der Waals surface area contributed by atoms with Gasteiger partial charge in [0.25, 0.3) is 0 Å². The molecule has 20 heavy (non-hydrogen) atoms. The number of piperidine rings is 1. The standard InChI is InChI=1S/C19H27N/c1-2-12-19(17-8-4-3-5-9-17)13-15-20(16-14-19)18-10-6-7-11-18/h2-5,8-9,12,18H,6-7,10-11,13-16H2,1H3/b12-2+. The lowest BCUT2D eigenvalue weighted by Crippen LogP contribution is -2.45. The highest BCUT2D eigenvalue weighted by Crippen LogP contribution is 2.38. The topological polar surface area (TPSA) is 3.24 Å². The Labute approximate surface area is 123 Å². The van der Waals surface area contributed by atoms with Gasteiger partial charge in [-0.2, -0.15) is 0 Å². The van der Waals surface area contributed by atoms with E-state index in [0.29, 0.717) is 0 Å². The van der Waals surface area contributed by atoms with Crippen molar-refractivity contribution in [1.82, 2.24) is 4.90 Å². The summed E-state index contributed by atoms with van der Waals surface area (Å²) in [5.41, 5.74) is 1.79. The summed E-state index contributed by atoms with van der Waals surface area (Å²) in [4.78, 5) is 2.76. The molecule has 2 aliphatic rings. The molecule has 0 N–H and O–H groups in total. The summed E-state index contributed by atoms with van der Waals surface area (Å²) in [5.74, 6) is 0. The Kier molecular flexibility index (Phi) is 4.26. The molecule has 1 saturated carbocycles. The minimum absolute atomic E-state index is 0.283. The molecule has 1 nitrogen and oxygen atoms in total. The Hall–Kier alpha value is -1.08. The molecule has 1 aliphatic heterocycles. The molecule has 0 spiro atoms. The van der Waals surface area contributed by atoms with Crippen molar-refractivity contribution in [3.63, 3.8) is 0 Å². The lowest BCUT2D eigenvalue weighted by atomic mass is 9.72. The van der Waals surface area contributed by atoms with Crippen molar-refractivity contribution < 1.29 is 0 Å². The van der Waals surface area contributed by atoms with Crippen LogP contribution in [0.25, 0.3) is 0 Å². The van der Waals surface area contributed by atoms with E-state index in [0.717, 1.165) is 6.04 Å². The smallest absolute Gasteiger partial charge is 0.0156 e. The van der Waals surface area contributed by atoms with Crippen molar-refractivity contribution in [2.45, 2.75) is 56.9 Å². The molecule has 1 saturated heterocycles. The van der Waals surface area contributed by atoms with E-state index in [9.17, 15) is 0 Å². The lowest BCUT2D eigenvalue weighted by Gasteiger charge is -2.43. The molecule has 0 aromatic heterocycles. The molecule has 1 aromatic rings. The highest BCUT2D eigenvalue weighted by molar-refractivity contribution is 5.31. The maximum absolute atomic E-state index is 2.76. The van der Waals surface area contributed by atoms with Crippen LogP contribution in [-0.2, 0) is 5.41 Å². The molecule has 1 heteroatoms. The molecule has 0 bridgehead atoms. The van der Waals surface area contributed by atoms with Crippen molar-refractivity contribution >= 4 is 0 Å². The van der Waals surface area contributed by atoms with E-state index in [-0.39, 0.29) is 5.41 Å². The molecule has 3 rings (SSSR count). The Morgan fingerprint density at radius 1 is 1.05 bits per heavy atom. The van der Waals surface area contributed by atoms with Crippen LogP contribution in [0.3, 0.4) is 0 Å². The first-order chi connectivity index (χ1) is 9.84. The molecule has 0 radical (unpaired) electrons. The van der Waals surface area contributed by atoms with E-state index >= 15 is 0 Å². The number of likely N-dealkylation sites (tertiary alicyclic amines) is 1. The van der Waals surface area contributed by atoms with Crippen LogP contribution < -0.4 is 0 Å². The van der Waals surface area contributed by atoms with Gasteiger partial charge in [0.1, 0.15) is 0 Å². The first kappa shape index (κ1) is 13.9. The fourth-order valence-corrected chi connectivity index (χ4v) is 4.20. The summed E-state index contributed by atoms with van der Waals surface area (Å²) in [5, 5.41) is 0. The molecular weight excluding hydrogens is 242 g/mol. The molecular formula is C19H27N. The van der Waals surface area contributed by atoms with Crippen molar-refractivity contribution in [2.24, 2.45) is 0 Å². The van der Waals surface area contributed by atoms with Crippen molar-refractivity contribution in [3.8, 4) is 0 Å². The number of benzene rings is 1. The fraction of sp³-hybridized carbons (Fsp3) is 0.579. The Balaban J connectivity index is 1.74. The van der Waals surface area contributed by atoms with Gasteiger partial charge in [-0.25, -0.2) is 0 Å². The number of allylic oxidation sites excluding steroid dienone is 2. The van der Waals surface area contributed by atoms with Crippen LogP contribution in [0.2, 0.25) is 0 Å². The first-order valence-corrected chi connectivity index (χ1v) is 8.27. The normalized spacial score (nSPS) is 24.4. The Bertz CT molecular complexity index is 434. The van der Waals surface area contributed by atoms with Crippen LogP contribution in [0, 0.1) is 0 Å². The van der Waals surface area contributed by atoms with Crippen LogP contribution in [0.4, 0.5) is 0 Å². The van der Waals surface area contributed by atoms with Gasteiger partial charge < -0.3 is 4.90 Å². The van der Waals surface area contributed by atoms with Crippen LogP contribution in [0.1, 0.15) is 51.0 Å². The van der Waals surface area contributed by atoms with Gasteiger partial charge in [-0.05, 0) is 51.3 Å². The number of hydrogen-bond acceptors (Lipinski definition) is 1. The highest BCUT2D eigenvalue weighted by Gasteiger charge is 2.36. The van der Waals surface area contributed by atoms with Gasteiger partial charge in [0.2, 0.25) is 0 Å². The molecule has 1 heterocycles. The van der Waals surface area contributed by atoms with Crippen molar-refractivity contribution in [2.75, 3.05) is 13.1 Å². The monoisotopic (exact) mass is 269 g/mol. The van der Waals surface area contributed by atoms with E-state index in [1.54, 1.807) is 0 Å². The minimum Gasteiger partial charge on any atom is -0.300 e. The van der Waals surface area contributed by atoms with Crippen LogP contribution in [0.15, 0.2) is 42.5 Å². The molecule has 108 valence electrons. The average molecular weight is 269 g/mol. The number of nitrogens with zero attached hydrogens (tertiary/aromatic N) is 1. The van der Waals surface area contributed by atoms with Gasteiger partial charge in [0, 0.05) is 11.5 Å². The van der Waals surface area contributed by atoms with Crippen LogP contribution in [0.5, 0.6) is 0 Å². The zero-order valence-electron chi connectivity index (χ0n) is 12.7. The second-order valence-corrected chi connectivity index (χ2v) is 6.50. The minimum atomic E-state index is 0.283. The first-order valence-electron chi connectivity index (χ1n) is 8.27. The Morgan fingerprint density at radius 2 is 1.70 bits per heavy atom. The van der Waals surface area contributed by atoms with Crippen molar-refractivity contribution in [1.29, 1.82) is 0 Å². The summed E-state index contributed by atoms with van der Waals surface area (Å²) in [6, 6.07) is 12.0. The summed E-state index contributed by atoms with van der Waals surface area (Å²) < 4.78 is 0. The second-order valence-electron chi connectivity index (χ2n) is 6.50. The highest BCUT2D eigenvalue weighted by atomic mass is 15.2. The van der Waals surface area contributed by atoms with E-state index in [4.69, 9.17) is 0 Å². The summed E-state index contributed by atoms with van der Waals surface area (Å²) in [7, 11) is 0. The van der Waals surface area contributed by atoms with Crippen LogP contribution in [-0.4, -0.2) is 24.0 Å². The molecule has 1 aromatic carbocycles. The maximum Gasteiger partial charge on any atom is 0.0156 e. The molecule has 0 amide bonds. The SMILES string of the molecule is C/C=C/C1(c2ccccc2)CCN(C2CCCC2)CC1. The molecule has 2 fully saturated rings. The van der Waals surface area contributed by atoms with Gasteiger partial charge in [-0.1, -0.05) is 55.3 Å². The molecule has 1 aliphatic carbocycles. The van der Waals surface area contributed by atoms with E-state index in [1.807, 2.05) is 0 Å². The summed E-state index contributed by atoms with van der Waals surface area (Å²) >= 11 is 0. The average Bonchev–Trinajstić information content (AvgIpc) is 3.03. The van der Waals surface area contributed by atoms with Crippen molar-refractivity contribution in [3.05, 3.63) is 48.0 Å². The molecule has 0 atom stereocenters. The summed E-state index contributed by atoms with van der Waals surface area (Å²) in [6.45, 7) is 4.70. The Morgan fingerprint density at radius 3 is 2.30 bits per heavy atom. The lowest BCUT2D eigenvalue weighted by molar-refractivity contribution is 0.133. The zero-order valence-corrected chi connectivity index (χ0v) is 12.7. The fourth-order valence-electron chi connectivity index (χ4n) is 4.20. The van der Waals surface area contributed by atoms with Gasteiger partial charge in [0.05, 0.1) is 0 Å². The van der Waals surface area contributed by atoms with E-state index < -0.39 is 0 Å². The van der Waals surface area contributed by atoms with Gasteiger partial charge in [-0.3, -0.25) is 0 Å². The van der Waals surface area contributed by atoms with Crippen LogP contribution >= 0.6 is 0 Å². The summed E-state index contributed by atoms with van der Waals surface area (Å²) in [6.07, 6.45) is 13.0. The third-order valence-electron chi connectivity index (χ3n) is 5.37. The predicted molar refractivity (Wildman–Crippen MR) is 86.0 cm³/mol. The van der Waals surface area contributed by atoms with E-state index in [1.165, 1.54) is 57.2 Å². The zero-order chi connectivity index (χ0) is 13.8. The van der Waals surface area contributed by atoms with Gasteiger partial charge in [-0.15, -0.1) is 0 Å².